The molecule has 12 nitrogen and oxygen atoms in total. The minimum Gasteiger partial charge on any atom is -0.495 e. The molecule has 0 unspecified atom stereocenters. The molecule has 5 rings (SSSR count). The fraction of sp³-hybridized carbons (Fsp3) is 0.240. The van der Waals surface area contributed by atoms with Gasteiger partial charge in [0, 0.05) is 30.8 Å². The molecule has 3 heterocycles. The lowest BCUT2D eigenvalue weighted by molar-refractivity contribution is -0.384. The maximum absolute atomic E-state index is 13.8. The van der Waals surface area contributed by atoms with E-state index in [-0.39, 0.29) is 28.4 Å². The zero-order chi connectivity index (χ0) is 26.4. The number of amides is 2. The van der Waals surface area contributed by atoms with Crippen molar-refractivity contribution >= 4 is 41.2 Å². The summed E-state index contributed by atoms with van der Waals surface area (Å²) in [5.41, 5.74) is -0.151. The molecule has 188 valence electrons. The van der Waals surface area contributed by atoms with Crippen LogP contribution in [0.2, 0.25) is 0 Å². The number of Topliss-reactive ketones (excluding diaryl/α,β-unsaturated/α-hetero) is 1. The van der Waals surface area contributed by atoms with E-state index < -0.39 is 52.4 Å². The molecule has 3 aliphatic heterocycles. The van der Waals surface area contributed by atoms with Crippen LogP contribution in [0.1, 0.15) is 17.3 Å². The van der Waals surface area contributed by atoms with Gasteiger partial charge in [-0.1, -0.05) is 6.08 Å². The van der Waals surface area contributed by atoms with Gasteiger partial charge in [-0.2, -0.15) is 5.10 Å². The number of rotatable bonds is 6. The number of esters is 1. The number of non-ortho nitro benzene ring substituents is 1. The number of nitro benzene ring substituents is 1. The van der Waals surface area contributed by atoms with Crippen molar-refractivity contribution in [2.45, 2.75) is 19.0 Å². The van der Waals surface area contributed by atoms with Crippen molar-refractivity contribution in [3.63, 3.8) is 0 Å². The number of fused-ring (bicyclic) bond motifs is 3. The summed E-state index contributed by atoms with van der Waals surface area (Å²) in [7, 11) is 1.32. The zero-order valence-corrected chi connectivity index (χ0v) is 19.6. The maximum Gasteiger partial charge on any atom is 0.308 e. The molecule has 0 saturated carbocycles. The van der Waals surface area contributed by atoms with Gasteiger partial charge >= 0.3 is 5.97 Å². The van der Waals surface area contributed by atoms with Gasteiger partial charge in [0.05, 0.1) is 29.9 Å². The van der Waals surface area contributed by atoms with Crippen LogP contribution in [0.4, 0.5) is 11.4 Å². The monoisotopic (exact) mass is 504 g/mol. The van der Waals surface area contributed by atoms with E-state index in [2.05, 4.69) is 5.10 Å². The highest BCUT2D eigenvalue weighted by Crippen LogP contribution is 2.48. The predicted molar refractivity (Wildman–Crippen MR) is 128 cm³/mol. The number of anilines is 1. The number of imide groups is 1. The van der Waals surface area contributed by atoms with Crippen LogP contribution in [0.5, 0.6) is 11.5 Å². The normalized spacial score (nSPS) is 23.6. The van der Waals surface area contributed by atoms with Crippen molar-refractivity contribution in [1.29, 1.82) is 0 Å². The summed E-state index contributed by atoms with van der Waals surface area (Å²) < 4.78 is 10.3. The number of nitrogens with zero attached hydrogens (tertiary/aromatic N) is 4. The number of hydrogen-bond donors (Lipinski definition) is 0. The van der Waals surface area contributed by atoms with E-state index in [1.165, 1.54) is 61.7 Å². The fourth-order valence-corrected chi connectivity index (χ4v) is 5.07. The van der Waals surface area contributed by atoms with E-state index in [4.69, 9.17) is 9.47 Å². The van der Waals surface area contributed by atoms with Crippen LogP contribution < -0.4 is 14.4 Å². The second-order valence-corrected chi connectivity index (χ2v) is 8.62. The summed E-state index contributed by atoms with van der Waals surface area (Å²) in [5.74, 6) is -3.93. The standard InChI is InChI=1S/C25H20N4O8/c1-13(30)37-16-8-5-14(6-9-16)23(31)22-21-20(17-4-3-11-26-28(17)22)24(32)27(25(21)33)18-12-15(29(34)35)7-10-19(18)36-2/h3-12,17,20-22H,1-2H3/t17-,20-,21+,22+/m1/s1. The quantitative estimate of drug-likeness (QED) is 0.144. The van der Waals surface area contributed by atoms with E-state index in [1.807, 2.05) is 0 Å². The van der Waals surface area contributed by atoms with Gasteiger partial charge in [0.2, 0.25) is 11.8 Å². The molecule has 2 saturated heterocycles. The first-order chi connectivity index (χ1) is 17.7. The van der Waals surface area contributed by atoms with E-state index in [0.717, 1.165) is 11.0 Å². The number of ketones is 1. The van der Waals surface area contributed by atoms with Gasteiger partial charge in [0.1, 0.15) is 23.2 Å². The molecule has 0 bridgehead atoms. The number of carbonyl (C=O) groups excluding carboxylic acids is 4. The molecule has 37 heavy (non-hydrogen) atoms. The summed E-state index contributed by atoms with van der Waals surface area (Å²) in [6, 6.07) is 7.70. The molecule has 2 aromatic carbocycles. The topological polar surface area (TPSA) is 149 Å². The Balaban J connectivity index is 1.55. The summed E-state index contributed by atoms with van der Waals surface area (Å²) in [6.45, 7) is 1.25. The highest BCUT2D eigenvalue weighted by Gasteiger charge is 2.64. The number of carbonyl (C=O) groups is 4. The second-order valence-electron chi connectivity index (χ2n) is 8.62. The van der Waals surface area contributed by atoms with Gasteiger partial charge in [-0.3, -0.25) is 34.3 Å². The van der Waals surface area contributed by atoms with Crippen LogP contribution in [-0.4, -0.2) is 58.9 Å². The molecule has 0 radical (unpaired) electrons. The minimum absolute atomic E-state index is 0.0622. The average molecular weight is 504 g/mol. The smallest absolute Gasteiger partial charge is 0.308 e. The van der Waals surface area contributed by atoms with Crippen LogP contribution in [0.15, 0.2) is 59.7 Å². The molecule has 0 spiro atoms. The van der Waals surface area contributed by atoms with Gasteiger partial charge in [-0.15, -0.1) is 0 Å². The van der Waals surface area contributed by atoms with Crippen LogP contribution in [0, 0.1) is 22.0 Å². The highest BCUT2D eigenvalue weighted by atomic mass is 16.6. The first-order valence-electron chi connectivity index (χ1n) is 11.2. The van der Waals surface area contributed by atoms with Crippen LogP contribution in [0.3, 0.4) is 0 Å². The minimum atomic E-state index is -1.11. The number of ether oxygens (including phenoxy) is 2. The summed E-state index contributed by atoms with van der Waals surface area (Å²) in [6.07, 6.45) is 4.80. The molecule has 0 aliphatic carbocycles. The third-order valence-corrected chi connectivity index (χ3v) is 6.57. The van der Waals surface area contributed by atoms with Crippen molar-refractivity contribution in [3.05, 3.63) is 70.3 Å². The fourth-order valence-electron chi connectivity index (χ4n) is 5.07. The molecule has 2 amide bonds. The number of nitro groups is 1. The Hall–Kier alpha value is -4.87. The van der Waals surface area contributed by atoms with E-state index in [9.17, 15) is 29.3 Å². The molecule has 4 atom stereocenters. The third kappa shape index (κ3) is 3.82. The molecule has 3 aliphatic rings. The Kier molecular flexibility index (Phi) is 5.78. The number of methoxy groups -OCH3 is 1. The zero-order valence-electron chi connectivity index (χ0n) is 19.6. The molecule has 2 aromatic rings. The Bertz CT molecular complexity index is 1400. The predicted octanol–water partition coefficient (Wildman–Crippen LogP) is 2.13. The first-order valence-corrected chi connectivity index (χ1v) is 11.2. The molecule has 12 heteroatoms. The van der Waals surface area contributed by atoms with Crippen molar-refractivity contribution in [2.24, 2.45) is 16.9 Å². The van der Waals surface area contributed by atoms with Crippen LogP contribution in [0.25, 0.3) is 0 Å². The summed E-state index contributed by atoms with van der Waals surface area (Å²) >= 11 is 0. The van der Waals surface area contributed by atoms with Gasteiger partial charge in [-0.25, -0.2) is 4.90 Å². The Morgan fingerprint density at radius 3 is 2.41 bits per heavy atom. The van der Waals surface area contributed by atoms with E-state index in [0.29, 0.717) is 0 Å². The largest absolute Gasteiger partial charge is 0.495 e. The molecular formula is C25H20N4O8. The summed E-state index contributed by atoms with van der Waals surface area (Å²) in [5, 5.41) is 17.1. The van der Waals surface area contributed by atoms with Gasteiger partial charge in [-0.05, 0) is 36.4 Å². The highest BCUT2D eigenvalue weighted by molar-refractivity contribution is 6.25. The Morgan fingerprint density at radius 2 is 1.76 bits per heavy atom. The van der Waals surface area contributed by atoms with E-state index in [1.54, 1.807) is 12.2 Å². The Morgan fingerprint density at radius 1 is 1.05 bits per heavy atom. The van der Waals surface area contributed by atoms with Crippen molar-refractivity contribution in [3.8, 4) is 11.5 Å². The number of allylic oxidation sites excluding steroid dienone is 1. The molecular weight excluding hydrogens is 484 g/mol. The average Bonchev–Trinajstić information content (AvgIpc) is 3.35. The van der Waals surface area contributed by atoms with Crippen molar-refractivity contribution < 1.29 is 33.6 Å². The summed E-state index contributed by atoms with van der Waals surface area (Å²) in [4.78, 5) is 63.9. The van der Waals surface area contributed by atoms with E-state index >= 15 is 0 Å². The molecule has 0 aromatic heterocycles. The molecule has 0 N–H and O–H groups in total. The first kappa shape index (κ1) is 23.9. The number of benzene rings is 2. The second kappa shape index (κ2) is 8.97. The number of hydrogen-bond acceptors (Lipinski definition) is 10. The van der Waals surface area contributed by atoms with Crippen molar-refractivity contribution in [2.75, 3.05) is 12.0 Å². The van der Waals surface area contributed by atoms with Gasteiger partial charge < -0.3 is 9.47 Å². The van der Waals surface area contributed by atoms with Crippen LogP contribution in [-0.2, 0) is 14.4 Å². The lowest BCUT2D eigenvalue weighted by Crippen LogP contribution is -2.46. The Labute approximate surface area is 209 Å². The SMILES string of the molecule is COc1ccc([N+](=O)[O-])cc1N1C(=O)[C@H]2[C@H](C1=O)[C@@H](C(=O)c1ccc(OC(C)=O)cc1)N1N=CC=C[C@H]21. The van der Waals surface area contributed by atoms with Crippen molar-refractivity contribution in [1.82, 2.24) is 5.01 Å². The van der Waals surface area contributed by atoms with Gasteiger partial charge in [0.25, 0.3) is 5.69 Å². The lowest BCUT2D eigenvalue weighted by atomic mass is 9.86. The van der Waals surface area contributed by atoms with Crippen LogP contribution >= 0.6 is 0 Å². The lowest BCUT2D eigenvalue weighted by Gasteiger charge is -2.30. The molecule has 2 fully saturated rings. The number of hydrazone groups is 1. The van der Waals surface area contributed by atoms with Gasteiger partial charge in [0.15, 0.2) is 5.78 Å². The maximum atomic E-state index is 13.8. The third-order valence-electron chi connectivity index (χ3n) is 6.57.